The van der Waals surface area contributed by atoms with E-state index in [1.165, 1.54) is 11.1 Å². The molecule has 1 unspecified atom stereocenters. The molecule has 140 valence electrons. The van der Waals surface area contributed by atoms with Gasteiger partial charge in [-0.3, -0.25) is 4.98 Å². The van der Waals surface area contributed by atoms with Crippen molar-refractivity contribution < 1.29 is 0 Å². The molecule has 6 heteroatoms. The maximum absolute atomic E-state index is 5.55. The number of nitrogens with two attached hydrogens (primary N) is 1. The third-order valence-corrected chi connectivity index (χ3v) is 5.07. The molecule has 1 atom stereocenters. The van der Waals surface area contributed by atoms with E-state index in [-0.39, 0.29) is 0 Å². The molecule has 1 aromatic carbocycles. The molecule has 0 saturated heterocycles. The Labute approximate surface area is 168 Å². The first-order chi connectivity index (χ1) is 14.3. The molecule has 0 radical (unpaired) electrons. The Balaban J connectivity index is 1.43. The molecule has 4 aromatic rings. The first-order valence-electron chi connectivity index (χ1n) is 9.46. The fourth-order valence-corrected chi connectivity index (χ4v) is 3.65. The van der Waals surface area contributed by atoms with Gasteiger partial charge in [0, 0.05) is 23.9 Å². The van der Waals surface area contributed by atoms with E-state index in [4.69, 9.17) is 10.8 Å². The van der Waals surface area contributed by atoms with Gasteiger partial charge in [-0.05, 0) is 48.1 Å². The molecule has 29 heavy (non-hydrogen) atoms. The van der Waals surface area contributed by atoms with Crippen molar-refractivity contribution in [3.05, 3.63) is 95.2 Å². The van der Waals surface area contributed by atoms with E-state index in [1.54, 1.807) is 24.5 Å². The largest absolute Gasteiger partial charge is 0.382 e. The van der Waals surface area contributed by atoms with Crippen LogP contribution in [-0.2, 0) is 6.42 Å². The fraction of sp³-hybridized carbons (Fsp3) is 0.130. The number of rotatable bonds is 2. The Morgan fingerprint density at radius 3 is 2.72 bits per heavy atom. The van der Waals surface area contributed by atoms with Crippen molar-refractivity contribution in [1.29, 1.82) is 0 Å². The summed E-state index contributed by atoms with van der Waals surface area (Å²) in [7, 11) is 0. The Morgan fingerprint density at radius 1 is 1.00 bits per heavy atom. The summed E-state index contributed by atoms with van der Waals surface area (Å²) in [5.74, 6) is 6.79. The number of nitrogens with zero attached hydrogens (tertiary/aromatic N) is 5. The smallest absolute Gasteiger partial charge is 0.146 e. The van der Waals surface area contributed by atoms with E-state index in [9.17, 15) is 0 Å². The van der Waals surface area contributed by atoms with E-state index in [1.807, 2.05) is 16.8 Å². The van der Waals surface area contributed by atoms with Gasteiger partial charge in [-0.2, -0.15) is 5.10 Å². The maximum Gasteiger partial charge on any atom is 0.146 e. The van der Waals surface area contributed by atoms with Crippen LogP contribution in [0.3, 0.4) is 0 Å². The number of aromatic nitrogens is 5. The molecule has 0 spiro atoms. The summed E-state index contributed by atoms with van der Waals surface area (Å²) in [5, 5.41) is 12.7. The van der Waals surface area contributed by atoms with Crippen LogP contribution in [0.2, 0.25) is 0 Å². The molecule has 0 saturated carbocycles. The molecule has 6 nitrogen and oxygen atoms in total. The Morgan fingerprint density at radius 2 is 1.90 bits per heavy atom. The molecule has 1 aliphatic rings. The second-order valence-electron chi connectivity index (χ2n) is 7.01. The zero-order valence-corrected chi connectivity index (χ0v) is 15.7. The lowest BCUT2D eigenvalue weighted by Gasteiger charge is -2.09. The third kappa shape index (κ3) is 3.46. The summed E-state index contributed by atoms with van der Waals surface area (Å²) in [6.07, 6.45) is 7.78. The quantitative estimate of drug-likeness (QED) is 0.542. The van der Waals surface area contributed by atoms with E-state index in [0.29, 0.717) is 17.4 Å². The zero-order chi connectivity index (χ0) is 19.6. The lowest BCUT2D eigenvalue weighted by molar-refractivity contribution is 0.725. The second-order valence-corrected chi connectivity index (χ2v) is 7.01. The van der Waals surface area contributed by atoms with Crippen LogP contribution in [0.1, 0.15) is 40.4 Å². The molecule has 0 bridgehead atoms. The van der Waals surface area contributed by atoms with Gasteiger partial charge in [0.05, 0.1) is 17.6 Å². The van der Waals surface area contributed by atoms with Gasteiger partial charge in [-0.1, -0.05) is 36.3 Å². The number of pyridine rings is 1. The van der Waals surface area contributed by atoms with Crippen LogP contribution in [-0.4, -0.2) is 25.0 Å². The van der Waals surface area contributed by atoms with E-state index in [2.05, 4.69) is 57.5 Å². The third-order valence-electron chi connectivity index (χ3n) is 5.07. The van der Waals surface area contributed by atoms with Crippen molar-refractivity contribution in [1.82, 2.24) is 25.0 Å². The van der Waals surface area contributed by atoms with Gasteiger partial charge in [-0.25, -0.2) is 4.68 Å². The minimum atomic E-state index is 0.354. The lowest BCUT2D eigenvalue weighted by atomic mass is 9.97. The predicted molar refractivity (Wildman–Crippen MR) is 110 cm³/mol. The first-order valence-corrected chi connectivity index (χ1v) is 9.46. The van der Waals surface area contributed by atoms with Crippen LogP contribution in [0.15, 0.2) is 67.1 Å². The van der Waals surface area contributed by atoms with Crippen molar-refractivity contribution in [2.45, 2.75) is 18.8 Å². The van der Waals surface area contributed by atoms with Gasteiger partial charge in [0.1, 0.15) is 11.5 Å². The van der Waals surface area contributed by atoms with Gasteiger partial charge >= 0.3 is 0 Å². The highest BCUT2D eigenvalue weighted by atomic mass is 15.3. The van der Waals surface area contributed by atoms with Crippen molar-refractivity contribution in [2.24, 2.45) is 0 Å². The summed E-state index contributed by atoms with van der Waals surface area (Å²) in [6.45, 7) is 0. The van der Waals surface area contributed by atoms with Gasteiger partial charge in [0.15, 0.2) is 0 Å². The van der Waals surface area contributed by atoms with Gasteiger partial charge in [0.25, 0.3) is 0 Å². The number of nitrogen functional groups attached to an aromatic ring is 1. The van der Waals surface area contributed by atoms with Crippen LogP contribution < -0.4 is 5.73 Å². The number of fused-ring (bicyclic) bond motifs is 1. The summed E-state index contributed by atoms with van der Waals surface area (Å²) >= 11 is 0. The predicted octanol–water partition coefficient (Wildman–Crippen LogP) is 3.12. The first kappa shape index (κ1) is 17.1. The molecule has 3 aromatic heterocycles. The lowest BCUT2D eigenvalue weighted by Crippen LogP contribution is -2.02. The minimum Gasteiger partial charge on any atom is -0.382 e. The van der Waals surface area contributed by atoms with Crippen molar-refractivity contribution in [2.75, 3.05) is 5.73 Å². The van der Waals surface area contributed by atoms with E-state index >= 15 is 0 Å². The van der Waals surface area contributed by atoms with Gasteiger partial charge in [0.2, 0.25) is 0 Å². The van der Waals surface area contributed by atoms with Gasteiger partial charge < -0.3 is 5.73 Å². The number of hydrogen-bond donors (Lipinski definition) is 1. The molecule has 5 rings (SSSR count). The standard InChI is InChI=1S/C23H18N6/c24-22-11-9-19(26-27-22)8-6-16-12-20(14-25-13-16)29-15-18-7-10-21(23(18)28-29)17-4-2-1-3-5-17/h1-5,9,11-15,21H,7,10H2,(H2,24,27). The highest BCUT2D eigenvalue weighted by molar-refractivity contribution is 5.45. The topological polar surface area (TPSA) is 82.5 Å². The molecule has 2 N–H and O–H groups in total. The van der Waals surface area contributed by atoms with Crippen LogP contribution in [0.5, 0.6) is 0 Å². The van der Waals surface area contributed by atoms with Crippen LogP contribution in [0, 0.1) is 11.8 Å². The van der Waals surface area contributed by atoms with Crippen LogP contribution >= 0.6 is 0 Å². The van der Waals surface area contributed by atoms with Crippen LogP contribution in [0.4, 0.5) is 5.82 Å². The number of benzene rings is 1. The van der Waals surface area contributed by atoms with Gasteiger partial charge in [-0.15, -0.1) is 10.2 Å². The average molecular weight is 378 g/mol. The molecule has 0 amide bonds. The average Bonchev–Trinajstić information content (AvgIpc) is 3.35. The Kier molecular flexibility index (Phi) is 4.26. The maximum atomic E-state index is 5.55. The fourth-order valence-electron chi connectivity index (χ4n) is 3.65. The molecular formula is C23H18N6. The summed E-state index contributed by atoms with van der Waals surface area (Å²) < 4.78 is 1.90. The highest BCUT2D eigenvalue weighted by Crippen LogP contribution is 2.37. The van der Waals surface area contributed by atoms with E-state index < -0.39 is 0 Å². The number of aryl methyl sites for hydroxylation is 1. The van der Waals surface area contributed by atoms with E-state index in [0.717, 1.165) is 29.8 Å². The monoisotopic (exact) mass is 378 g/mol. The molecule has 3 heterocycles. The highest BCUT2D eigenvalue weighted by Gasteiger charge is 2.27. The molecule has 1 aliphatic carbocycles. The summed E-state index contributed by atoms with van der Waals surface area (Å²) in [6, 6.07) is 16.0. The molecular weight excluding hydrogens is 360 g/mol. The Bertz CT molecular complexity index is 1220. The van der Waals surface area contributed by atoms with Crippen molar-refractivity contribution in [3.8, 4) is 17.5 Å². The SMILES string of the molecule is Nc1ccc(C#Cc2cncc(-n3cc4c(n3)C(c3ccccc3)CC4)c2)nn1. The molecule has 0 aliphatic heterocycles. The van der Waals surface area contributed by atoms with Crippen molar-refractivity contribution in [3.63, 3.8) is 0 Å². The summed E-state index contributed by atoms with van der Waals surface area (Å²) in [4.78, 5) is 4.33. The Hall–Kier alpha value is -3.98. The molecule has 0 fully saturated rings. The summed E-state index contributed by atoms with van der Waals surface area (Å²) in [5.41, 5.74) is 11.6. The minimum absolute atomic E-state index is 0.354. The zero-order valence-electron chi connectivity index (χ0n) is 15.7. The van der Waals surface area contributed by atoms with Crippen LogP contribution in [0.25, 0.3) is 5.69 Å². The second kappa shape index (κ2) is 7.21. The normalized spacial score (nSPS) is 14.8. The number of hydrogen-bond acceptors (Lipinski definition) is 5. The number of anilines is 1. The van der Waals surface area contributed by atoms with Crippen molar-refractivity contribution >= 4 is 5.82 Å².